The summed E-state index contributed by atoms with van der Waals surface area (Å²) < 4.78 is 74.9. The number of benzene rings is 1. The number of piperazine rings is 1. The van der Waals surface area contributed by atoms with Gasteiger partial charge in [0, 0.05) is 62.9 Å². The lowest BCUT2D eigenvalue weighted by Gasteiger charge is -2.44. The lowest BCUT2D eigenvalue weighted by molar-refractivity contribution is -0.172. The van der Waals surface area contributed by atoms with Crippen molar-refractivity contribution in [2.75, 3.05) is 60.8 Å². The van der Waals surface area contributed by atoms with Gasteiger partial charge in [-0.2, -0.15) is 18.2 Å². The minimum absolute atomic E-state index is 0.0124. The van der Waals surface area contributed by atoms with Crippen LogP contribution in [0.2, 0.25) is 0 Å². The molecule has 5 rings (SSSR count). The molecule has 0 bridgehead atoms. The summed E-state index contributed by atoms with van der Waals surface area (Å²) in [5, 5.41) is 5.88. The first kappa shape index (κ1) is 33.2. The second kappa shape index (κ2) is 12.9. The Bertz CT molecular complexity index is 1470. The van der Waals surface area contributed by atoms with Crippen LogP contribution in [0.1, 0.15) is 38.2 Å². The molecule has 3 amide bonds. The monoisotopic (exact) mass is 652 g/mol. The van der Waals surface area contributed by atoms with Crippen LogP contribution in [-0.4, -0.2) is 96.2 Å². The van der Waals surface area contributed by atoms with E-state index in [1.54, 1.807) is 12.1 Å². The zero-order valence-electron chi connectivity index (χ0n) is 25.8. The largest absolute Gasteiger partial charge is 0.494 e. The standard InChI is InChI=1S/C30H37F5N8O3/c1-5-25(44)37-21-14-22(24(46-4)15-23(21)41-12-10-40(3)11-13-41)38-27-36-16-19-17-42(18(2)30(33,34)35)28(45)43(26(19)39-27)20-6-8-29(31,32)9-7-20/h5,14-16,18,20H,1,6-13,17H2,2-4H3,(H,37,44)(H,36,38,39)/t18-/m0/s1. The normalized spacial score (nSPS) is 19.8. The van der Waals surface area contributed by atoms with E-state index in [4.69, 9.17) is 4.74 Å². The Morgan fingerprint density at radius 3 is 2.43 bits per heavy atom. The molecule has 0 spiro atoms. The van der Waals surface area contributed by atoms with E-state index in [9.17, 15) is 31.5 Å². The summed E-state index contributed by atoms with van der Waals surface area (Å²) in [5.74, 6) is -2.92. The summed E-state index contributed by atoms with van der Waals surface area (Å²) in [6.07, 6.45) is -3.45. The Labute approximate surface area is 263 Å². The molecular weight excluding hydrogens is 615 g/mol. The molecule has 0 unspecified atom stereocenters. The highest BCUT2D eigenvalue weighted by Crippen LogP contribution is 2.42. The van der Waals surface area contributed by atoms with E-state index < -0.39 is 55.5 Å². The number of carbonyl (C=O) groups excluding carboxylic acids is 2. The van der Waals surface area contributed by atoms with E-state index in [0.717, 1.165) is 36.7 Å². The molecule has 1 aromatic carbocycles. The maximum Gasteiger partial charge on any atom is 0.408 e. The lowest BCUT2D eigenvalue weighted by Crippen LogP contribution is -2.58. The highest BCUT2D eigenvalue weighted by molar-refractivity contribution is 6.02. The number of amides is 3. The van der Waals surface area contributed by atoms with Crippen LogP contribution in [0, 0.1) is 0 Å². The maximum atomic E-state index is 14.0. The molecule has 3 aliphatic rings. The van der Waals surface area contributed by atoms with Gasteiger partial charge in [-0.1, -0.05) is 6.58 Å². The van der Waals surface area contributed by atoms with Crippen molar-refractivity contribution in [1.82, 2.24) is 19.8 Å². The van der Waals surface area contributed by atoms with Gasteiger partial charge in [0.2, 0.25) is 17.8 Å². The fourth-order valence-corrected chi connectivity index (χ4v) is 5.90. The molecule has 1 saturated carbocycles. The number of hydrogen-bond donors (Lipinski definition) is 2. The molecule has 46 heavy (non-hydrogen) atoms. The van der Waals surface area contributed by atoms with Crippen molar-refractivity contribution in [2.24, 2.45) is 0 Å². The van der Waals surface area contributed by atoms with Crippen LogP contribution >= 0.6 is 0 Å². The van der Waals surface area contributed by atoms with Crippen molar-refractivity contribution < 1.29 is 36.3 Å². The highest BCUT2D eigenvalue weighted by atomic mass is 19.4. The molecule has 1 saturated heterocycles. The van der Waals surface area contributed by atoms with Gasteiger partial charge in [-0.05, 0) is 39.0 Å². The topological polar surface area (TPSA) is 106 Å². The summed E-state index contributed by atoms with van der Waals surface area (Å²) in [7, 11) is 3.50. The number of fused-ring (bicyclic) bond motifs is 1. The molecule has 11 nitrogen and oxygen atoms in total. The Balaban J connectivity index is 1.51. The molecule has 1 aromatic heterocycles. The molecule has 16 heteroatoms. The zero-order valence-corrected chi connectivity index (χ0v) is 25.8. The molecule has 0 radical (unpaired) electrons. The molecule has 2 N–H and O–H groups in total. The van der Waals surface area contributed by atoms with E-state index in [0.29, 0.717) is 35.1 Å². The minimum Gasteiger partial charge on any atom is -0.494 e. The molecule has 2 fully saturated rings. The lowest BCUT2D eigenvalue weighted by atomic mass is 9.90. The third kappa shape index (κ3) is 6.95. The van der Waals surface area contributed by atoms with Crippen molar-refractivity contribution >= 4 is 40.8 Å². The van der Waals surface area contributed by atoms with Gasteiger partial charge < -0.3 is 30.1 Å². The fraction of sp³-hybridized carbons (Fsp3) is 0.533. The number of anilines is 5. The molecule has 2 aromatic rings. The Kier molecular flexibility index (Phi) is 9.29. The number of carbonyl (C=O) groups is 2. The second-order valence-corrected chi connectivity index (χ2v) is 11.8. The van der Waals surface area contributed by atoms with Crippen molar-refractivity contribution in [3.8, 4) is 5.75 Å². The van der Waals surface area contributed by atoms with E-state index in [1.807, 2.05) is 7.05 Å². The average Bonchev–Trinajstić information content (AvgIpc) is 3.01. The summed E-state index contributed by atoms with van der Waals surface area (Å²) >= 11 is 0. The number of rotatable bonds is 8. The highest BCUT2D eigenvalue weighted by Gasteiger charge is 2.48. The molecule has 3 heterocycles. The van der Waals surface area contributed by atoms with Crippen molar-refractivity contribution in [2.45, 2.75) is 63.3 Å². The summed E-state index contributed by atoms with van der Waals surface area (Å²) in [6.45, 7) is 7.04. The van der Waals surface area contributed by atoms with E-state index in [2.05, 4.69) is 37.0 Å². The van der Waals surface area contributed by atoms with E-state index >= 15 is 0 Å². The number of ether oxygens (including phenoxy) is 1. The van der Waals surface area contributed by atoms with E-state index in [1.165, 1.54) is 13.3 Å². The number of urea groups is 1. The Morgan fingerprint density at radius 1 is 1.15 bits per heavy atom. The smallest absolute Gasteiger partial charge is 0.408 e. The van der Waals surface area contributed by atoms with Crippen LogP contribution in [0.15, 0.2) is 31.0 Å². The number of halogens is 5. The van der Waals surface area contributed by atoms with E-state index in [-0.39, 0.29) is 30.2 Å². The first-order valence-corrected chi connectivity index (χ1v) is 15.0. The summed E-state index contributed by atoms with van der Waals surface area (Å²) in [5.41, 5.74) is 1.79. The van der Waals surface area contributed by atoms with Crippen LogP contribution in [0.3, 0.4) is 0 Å². The Hall–Kier alpha value is -4.21. The zero-order chi connectivity index (χ0) is 33.4. The van der Waals surface area contributed by atoms with Gasteiger partial charge in [-0.3, -0.25) is 9.69 Å². The molecular formula is C30H37F5N8O3. The second-order valence-electron chi connectivity index (χ2n) is 11.8. The summed E-state index contributed by atoms with van der Waals surface area (Å²) in [4.78, 5) is 40.9. The predicted molar refractivity (Wildman–Crippen MR) is 163 cm³/mol. The van der Waals surface area contributed by atoms with Gasteiger partial charge >= 0.3 is 12.2 Å². The number of alkyl halides is 5. The quantitative estimate of drug-likeness (QED) is 0.290. The van der Waals surface area contributed by atoms with Crippen molar-refractivity contribution in [3.05, 3.63) is 36.5 Å². The number of methoxy groups -OCH3 is 1. The van der Waals surface area contributed by atoms with Crippen molar-refractivity contribution in [1.29, 1.82) is 0 Å². The third-order valence-electron chi connectivity index (χ3n) is 8.71. The van der Waals surface area contributed by atoms with Crippen LogP contribution in [-0.2, 0) is 11.3 Å². The number of likely N-dealkylation sites (N-methyl/N-ethyl adjacent to an activating group) is 1. The number of nitrogens with zero attached hydrogens (tertiary/aromatic N) is 6. The van der Waals surface area contributed by atoms with Crippen LogP contribution in [0.5, 0.6) is 5.75 Å². The van der Waals surface area contributed by atoms with Crippen LogP contribution < -0.4 is 25.2 Å². The van der Waals surface area contributed by atoms with Gasteiger partial charge in [-0.15, -0.1) is 0 Å². The Morgan fingerprint density at radius 2 is 1.83 bits per heavy atom. The van der Waals surface area contributed by atoms with Gasteiger partial charge in [-0.25, -0.2) is 18.6 Å². The molecule has 2 aliphatic heterocycles. The molecule has 1 atom stereocenters. The van der Waals surface area contributed by atoms with Gasteiger partial charge in [0.05, 0.1) is 30.7 Å². The van der Waals surface area contributed by atoms with Gasteiger partial charge in [0.15, 0.2) is 0 Å². The summed E-state index contributed by atoms with van der Waals surface area (Å²) in [6, 6.07) is -0.448. The molecule has 1 aliphatic carbocycles. The van der Waals surface area contributed by atoms with Crippen molar-refractivity contribution in [3.63, 3.8) is 0 Å². The minimum atomic E-state index is -4.70. The maximum absolute atomic E-state index is 14.0. The molecule has 250 valence electrons. The van der Waals surface area contributed by atoms with Gasteiger partial charge in [0.1, 0.15) is 17.6 Å². The van der Waals surface area contributed by atoms with Crippen LogP contribution in [0.25, 0.3) is 0 Å². The first-order valence-electron chi connectivity index (χ1n) is 15.0. The predicted octanol–water partition coefficient (Wildman–Crippen LogP) is 5.38. The van der Waals surface area contributed by atoms with Crippen LogP contribution in [0.4, 0.5) is 55.6 Å². The van der Waals surface area contributed by atoms with Gasteiger partial charge in [0.25, 0.3) is 0 Å². The number of hydrogen-bond acceptors (Lipinski definition) is 8. The first-order chi connectivity index (χ1) is 21.7. The fourth-order valence-electron chi connectivity index (χ4n) is 5.90. The SMILES string of the molecule is C=CC(=O)Nc1cc(Nc2ncc3c(n2)N(C2CCC(F)(F)CC2)C(=O)N([C@@H](C)C(F)(F)F)C3)c(OC)cc1N1CCN(C)CC1. The number of nitrogens with one attached hydrogen (secondary N) is 2. The third-order valence-corrected chi connectivity index (χ3v) is 8.71. The number of aromatic nitrogens is 2. The average molecular weight is 653 g/mol.